The van der Waals surface area contributed by atoms with Gasteiger partial charge in [0.2, 0.25) is 17.7 Å². The molecule has 3 N–H and O–H groups in total. The Bertz CT molecular complexity index is 1970. The number of piperidine rings is 3. The normalized spacial score (nSPS) is 31.8. The number of aryl methyl sites for hydroxylation is 2. The summed E-state index contributed by atoms with van der Waals surface area (Å²) in [5.41, 5.74) is 3.52. The molecule has 310 valence electrons. The lowest BCUT2D eigenvalue weighted by Crippen LogP contribution is -2.84. The molecular formula is C47H62N6O5. The number of nitriles is 1. The number of carbonyl (C=O) groups is 4. The van der Waals surface area contributed by atoms with Crippen LogP contribution in [0, 0.1) is 59.2 Å². The third-order valence-electron chi connectivity index (χ3n) is 15.9. The largest absolute Gasteiger partial charge is 0.489 e. The van der Waals surface area contributed by atoms with Crippen molar-refractivity contribution in [3.05, 3.63) is 58.7 Å². The van der Waals surface area contributed by atoms with Gasteiger partial charge in [-0.15, -0.1) is 0 Å². The number of benzene rings is 2. The first-order chi connectivity index (χ1) is 27.5. The molecule has 0 spiro atoms. The zero-order chi connectivity index (χ0) is 41.4. The van der Waals surface area contributed by atoms with Crippen LogP contribution in [0.4, 0.5) is 5.69 Å². The van der Waals surface area contributed by atoms with Crippen LogP contribution in [0.1, 0.15) is 119 Å². The van der Waals surface area contributed by atoms with Crippen molar-refractivity contribution in [2.75, 3.05) is 31.1 Å². The summed E-state index contributed by atoms with van der Waals surface area (Å²) in [5.74, 6) is 1.80. The topological polar surface area (TPSA) is 144 Å². The molecule has 2 aromatic carbocycles. The number of anilines is 1. The summed E-state index contributed by atoms with van der Waals surface area (Å²) in [6.45, 7) is 18.9. The molecule has 1 unspecified atom stereocenters. The Labute approximate surface area is 344 Å². The van der Waals surface area contributed by atoms with Gasteiger partial charge in [-0.25, -0.2) is 0 Å². The van der Waals surface area contributed by atoms with E-state index in [2.05, 4.69) is 78.6 Å². The number of nitrogens with one attached hydrogen (secondary N) is 3. The highest BCUT2D eigenvalue weighted by Gasteiger charge is 2.78. The maximum atomic E-state index is 13.6. The van der Waals surface area contributed by atoms with Crippen LogP contribution < -0.4 is 25.6 Å². The van der Waals surface area contributed by atoms with E-state index in [9.17, 15) is 24.4 Å². The highest BCUT2D eigenvalue weighted by molar-refractivity contribution is 6.02. The Hall–Kier alpha value is -4.43. The van der Waals surface area contributed by atoms with E-state index >= 15 is 0 Å². The average molecular weight is 791 g/mol. The van der Waals surface area contributed by atoms with Gasteiger partial charge in [0.05, 0.1) is 17.0 Å². The first kappa shape index (κ1) is 40.4. The highest BCUT2D eigenvalue weighted by Crippen LogP contribution is 2.74. The number of amides is 4. The Morgan fingerprint density at radius 1 is 0.879 bits per heavy atom. The zero-order valence-electron chi connectivity index (χ0n) is 35.5. The van der Waals surface area contributed by atoms with Crippen LogP contribution >= 0.6 is 0 Å². The minimum absolute atomic E-state index is 0.0102. The van der Waals surface area contributed by atoms with E-state index < -0.39 is 6.04 Å². The second kappa shape index (κ2) is 14.7. The predicted molar refractivity (Wildman–Crippen MR) is 222 cm³/mol. The molecule has 0 aromatic heterocycles. The number of carbonyl (C=O) groups excluding carboxylic acids is 4. The fourth-order valence-electron chi connectivity index (χ4n) is 12.5. The van der Waals surface area contributed by atoms with Crippen LogP contribution in [0.15, 0.2) is 36.4 Å². The van der Waals surface area contributed by atoms with Gasteiger partial charge in [0.15, 0.2) is 0 Å². The van der Waals surface area contributed by atoms with Crippen LogP contribution in [0.2, 0.25) is 0 Å². The maximum absolute atomic E-state index is 13.6. The summed E-state index contributed by atoms with van der Waals surface area (Å²) in [5, 5.41) is 18.1. The van der Waals surface area contributed by atoms with Crippen LogP contribution in [0.25, 0.3) is 0 Å². The summed E-state index contributed by atoms with van der Waals surface area (Å²) in [6.07, 6.45) is 8.39. The lowest BCUT2D eigenvalue weighted by Gasteiger charge is -2.78. The van der Waals surface area contributed by atoms with Crippen LogP contribution in [-0.4, -0.2) is 78.4 Å². The van der Waals surface area contributed by atoms with Crippen molar-refractivity contribution >= 4 is 29.3 Å². The van der Waals surface area contributed by atoms with Crippen molar-refractivity contribution in [3.63, 3.8) is 0 Å². The molecule has 2 aromatic rings. The van der Waals surface area contributed by atoms with E-state index in [1.54, 1.807) is 0 Å². The lowest BCUT2D eigenvalue weighted by atomic mass is 9.32. The molecule has 2 bridgehead atoms. The molecule has 3 aliphatic heterocycles. The molecule has 58 heavy (non-hydrogen) atoms. The predicted octanol–water partition coefficient (Wildman–Crippen LogP) is 6.20. The molecule has 4 amide bonds. The summed E-state index contributed by atoms with van der Waals surface area (Å²) in [7, 11) is 0. The average Bonchev–Trinajstić information content (AvgIpc) is 3.17. The van der Waals surface area contributed by atoms with Gasteiger partial charge in [0.25, 0.3) is 5.91 Å². The van der Waals surface area contributed by atoms with E-state index in [0.29, 0.717) is 17.5 Å². The molecule has 7 aliphatic rings. The first-order valence-corrected chi connectivity index (χ1v) is 21.7. The second-order valence-electron chi connectivity index (χ2n) is 20.0. The number of ether oxygens (including phenoxy) is 1. The number of rotatable bonds is 10. The number of likely N-dealkylation sites (tertiary alicyclic amines) is 1. The van der Waals surface area contributed by atoms with Gasteiger partial charge < -0.3 is 20.3 Å². The van der Waals surface area contributed by atoms with Crippen molar-refractivity contribution in [2.24, 2.45) is 34.0 Å². The van der Waals surface area contributed by atoms with Crippen LogP contribution in [0.5, 0.6) is 5.75 Å². The van der Waals surface area contributed by atoms with Gasteiger partial charge >= 0.3 is 0 Å². The van der Waals surface area contributed by atoms with Gasteiger partial charge in [-0.05, 0) is 144 Å². The molecule has 0 radical (unpaired) electrons. The van der Waals surface area contributed by atoms with Crippen molar-refractivity contribution in [1.29, 1.82) is 5.26 Å². The Kier molecular flexibility index (Phi) is 10.2. The van der Waals surface area contributed by atoms with E-state index in [0.717, 1.165) is 67.7 Å². The minimum atomic E-state index is -0.601. The van der Waals surface area contributed by atoms with E-state index in [4.69, 9.17) is 4.74 Å². The number of imide groups is 1. The number of hydrogen-bond acceptors (Lipinski definition) is 8. The molecule has 2 atom stereocenters. The molecule has 11 heteroatoms. The SMILES string of the molecule is Cc1cc(OC2C(C)(C)C(NC(=O)c3ccc(N4CCC(CC5CCN(C67CC(C(=O)NC8CCC(=O)NC8=O)(C6)[C@@H]7C)CC5)CC4)cc3)C2(C)C)cc(C)c1C#N. The monoisotopic (exact) mass is 790 g/mol. The number of nitrogens with zero attached hydrogens (tertiary/aromatic N) is 3. The maximum Gasteiger partial charge on any atom is 0.251 e. The van der Waals surface area contributed by atoms with Gasteiger partial charge in [-0.2, -0.15) is 5.26 Å². The molecule has 3 heterocycles. The van der Waals surface area contributed by atoms with Gasteiger partial charge in [-0.1, -0.05) is 34.6 Å². The Morgan fingerprint density at radius 2 is 1.47 bits per heavy atom. The summed E-state index contributed by atoms with van der Waals surface area (Å²) < 4.78 is 6.56. The van der Waals surface area contributed by atoms with Crippen molar-refractivity contribution < 1.29 is 23.9 Å². The molecule has 3 saturated heterocycles. The minimum Gasteiger partial charge on any atom is -0.489 e. The van der Waals surface area contributed by atoms with Crippen molar-refractivity contribution in [2.45, 2.75) is 130 Å². The summed E-state index contributed by atoms with van der Waals surface area (Å²) in [6, 6.07) is 13.6. The number of hydrogen-bond donors (Lipinski definition) is 3. The van der Waals surface area contributed by atoms with Crippen LogP contribution in [-0.2, 0) is 14.4 Å². The third-order valence-corrected chi connectivity index (χ3v) is 15.9. The Balaban J connectivity index is 0.765. The third kappa shape index (κ3) is 6.67. The molecule has 11 nitrogen and oxygen atoms in total. The molecule has 4 aliphatic carbocycles. The van der Waals surface area contributed by atoms with Crippen LogP contribution in [0.3, 0.4) is 0 Å². The van der Waals surface area contributed by atoms with Gasteiger partial charge in [-0.3, -0.25) is 29.4 Å². The lowest BCUT2D eigenvalue weighted by molar-refractivity contribution is -0.268. The highest BCUT2D eigenvalue weighted by atomic mass is 16.5. The summed E-state index contributed by atoms with van der Waals surface area (Å²) >= 11 is 0. The fraction of sp³-hybridized carbons (Fsp3) is 0.638. The second-order valence-corrected chi connectivity index (χ2v) is 20.0. The van der Waals surface area contributed by atoms with E-state index in [-0.39, 0.29) is 69.9 Å². The van der Waals surface area contributed by atoms with Crippen molar-refractivity contribution in [3.8, 4) is 11.8 Å². The van der Waals surface area contributed by atoms with E-state index in [1.165, 1.54) is 37.8 Å². The zero-order valence-corrected chi connectivity index (χ0v) is 35.5. The van der Waals surface area contributed by atoms with Crippen molar-refractivity contribution in [1.82, 2.24) is 20.9 Å². The standard InChI is InChI=1S/C47H62N6O5/c1-28-22-35(23-29(2)36(28)25-48)58-42-44(4,5)41(45(42,6)7)51-39(55)33-8-10-34(11-9-33)52-18-14-31(15-19-52)24-32-16-20-53(21-17-32)47-26-46(27-47,30(47)3)43(57)49-37-12-13-38(54)50-40(37)56/h8-11,22-23,30-32,37,41-42H,12-21,24,26-27H2,1-7H3,(H,49,57)(H,51,55)(H,50,54,56)/t30-,37?,41?,42?,46?,47?/m0/s1. The molecule has 7 fully saturated rings. The quantitative estimate of drug-likeness (QED) is 0.242. The molecule has 9 rings (SSSR count). The van der Waals surface area contributed by atoms with Gasteiger partial charge in [0, 0.05) is 53.2 Å². The smallest absolute Gasteiger partial charge is 0.251 e. The summed E-state index contributed by atoms with van der Waals surface area (Å²) in [4.78, 5) is 55.7. The van der Waals surface area contributed by atoms with E-state index in [1.807, 2.05) is 38.1 Å². The molecule has 4 saturated carbocycles. The van der Waals surface area contributed by atoms with Gasteiger partial charge in [0.1, 0.15) is 17.9 Å². The Morgan fingerprint density at radius 3 is 2.02 bits per heavy atom. The molecular weight excluding hydrogens is 729 g/mol. The first-order valence-electron chi connectivity index (χ1n) is 21.7. The fourth-order valence-corrected chi connectivity index (χ4v) is 12.5.